The van der Waals surface area contributed by atoms with Crippen LogP contribution in [0.4, 0.5) is 0 Å². The van der Waals surface area contributed by atoms with Gasteiger partial charge in [-0.05, 0) is 25.7 Å². The molecule has 1 saturated carbocycles. The third-order valence-electron chi connectivity index (χ3n) is 3.27. The zero-order chi connectivity index (χ0) is 8.44. The molecule has 2 N–H and O–H groups in total. The Hall–Kier alpha value is -0.120. The monoisotopic (exact) mass is 170 g/mol. The molecule has 2 fully saturated rings. The lowest BCUT2D eigenvalue weighted by atomic mass is 9.81. The first-order chi connectivity index (χ1) is 5.85. The summed E-state index contributed by atoms with van der Waals surface area (Å²) in [5, 5.41) is 6.91. The Bertz CT molecular complexity index is 145. The van der Waals surface area contributed by atoms with Crippen molar-refractivity contribution in [3.05, 3.63) is 0 Å². The summed E-state index contributed by atoms with van der Waals surface area (Å²) >= 11 is 0. The summed E-state index contributed by atoms with van der Waals surface area (Å²) in [4.78, 5) is 0. The summed E-state index contributed by atoms with van der Waals surface area (Å²) in [6, 6.07) is 0. The van der Waals surface area contributed by atoms with E-state index in [2.05, 4.69) is 10.6 Å². The second kappa shape index (κ2) is 3.32. The first kappa shape index (κ1) is 8.48. The normalized spacial score (nSPS) is 42.2. The van der Waals surface area contributed by atoms with Gasteiger partial charge in [-0.2, -0.15) is 0 Å². The van der Waals surface area contributed by atoms with Gasteiger partial charge in [0.05, 0.1) is 6.10 Å². The molecule has 3 nitrogen and oxygen atoms in total. The third-order valence-corrected chi connectivity index (χ3v) is 3.27. The highest BCUT2D eigenvalue weighted by Gasteiger charge is 2.37. The second-order valence-corrected chi connectivity index (χ2v) is 4.00. The Kier molecular flexibility index (Phi) is 2.35. The number of methoxy groups -OCH3 is 1. The first-order valence-corrected chi connectivity index (χ1v) is 4.83. The fraction of sp³-hybridized carbons (Fsp3) is 1.00. The van der Waals surface area contributed by atoms with Crippen LogP contribution in [0.5, 0.6) is 0 Å². The fourth-order valence-corrected chi connectivity index (χ4v) is 2.35. The summed E-state index contributed by atoms with van der Waals surface area (Å²) in [5.41, 5.74) is 0.412. The van der Waals surface area contributed by atoms with Crippen LogP contribution < -0.4 is 10.6 Å². The molecule has 0 amide bonds. The number of ether oxygens (including phenoxy) is 1. The molecule has 1 aliphatic carbocycles. The molecule has 0 bridgehead atoms. The van der Waals surface area contributed by atoms with Gasteiger partial charge >= 0.3 is 0 Å². The van der Waals surface area contributed by atoms with Gasteiger partial charge in [0.2, 0.25) is 0 Å². The molecule has 0 radical (unpaired) electrons. The zero-order valence-corrected chi connectivity index (χ0v) is 7.73. The van der Waals surface area contributed by atoms with Gasteiger partial charge in [0.1, 0.15) is 0 Å². The number of hydrogen-bond acceptors (Lipinski definition) is 3. The van der Waals surface area contributed by atoms with Gasteiger partial charge in [-0.15, -0.1) is 0 Å². The van der Waals surface area contributed by atoms with E-state index in [1.807, 2.05) is 7.11 Å². The number of hydrogen-bond donors (Lipinski definition) is 2. The Morgan fingerprint density at radius 1 is 1.33 bits per heavy atom. The molecule has 1 aliphatic heterocycles. The lowest BCUT2D eigenvalue weighted by Crippen LogP contribution is -2.46. The maximum Gasteiger partial charge on any atom is 0.0572 e. The summed E-state index contributed by atoms with van der Waals surface area (Å²) in [6.07, 6.45) is 5.46. The van der Waals surface area contributed by atoms with Crippen molar-refractivity contribution in [3.8, 4) is 0 Å². The highest BCUT2D eigenvalue weighted by atomic mass is 16.5. The maximum absolute atomic E-state index is 5.35. The maximum atomic E-state index is 5.35. The van der Waals surface area contributed by atoms with Gasteiger partial charge in [-0.1, -0.05) is 0 Å². The van der Waals surface area contributed by atoms with E-state index >= 15 is 0 Å². The van der Waals surface area contributed by atoms with Crippen LogP contribution in [0.1, 0.15) is 25.7 Å². The summed E-state index contributed by atoms with van der Waals surface area (Å²) < 4.78 is 5.35. The Balaban J connectivity index is 1.88. The topological polar surface area (TPSA) is 33.3 Å². The lowest BCUT2D eigenvalue weighted by Gasteiger charge is -2.36. The second-order valence-electron chi connectivity index (χ2n) is 4.00. The van der Waals surface area contributed by atoms with Crippen molar-refractivity contribution in [2.45, 2.75) is 37.3 Å². The molecule has 0 atom stereocenters. The van der Waals surface area contributed by atoms with Crippen molar-refractivity contribution in [1.29, 1.82) is 0 Å². The van der Waals surface area contributed by atoms with Crippen LogP contribution in [0, 0.1) is 0 Å². The van der Waals surface area contributed by atoms with Crippen molar-refractivity contribution < 1.29 is 4.74 Å². The lowest BCUT2D eigenvalue weighted by molar-refractivity contribution is 0.0481. The first-order valence-electron chi connectivity index (χ1n) is 4.83. The predicted octanol–water partition coefficient (Wildman–Crippen LogP) is 0.465. The van der Waals surface area contributed by atoms with Crippen molar-refractivity contribution in [2.75, 3.05) is 20.3 Å². The number of rotatable bonds is 1. The van der Waals surface area contributed by atoms with Gasteiger partial charge in [-0.25, -0.2) is 0 Å². The largest absolute Gasteiger partial charge is 0.381 e. The van der Waals surface area contributed by atoms with Crippen LogP contribution in [-0.2, 0) is 4.74 Å². The van der Waals surface area contributed by atoms with Crippen LogP contribution in [0.2, 0.25) is 0 Å². The molecule has 1 saturated heterocycles. The molecule has 2 aliphatic rings. The molecule has 1 heterocycles. The van der Waals surface area contributed by atoms with Crippen LogP contribution in [0.3, 0.4) is 0 Å². The molecule has 0 unspecified atom stereocenters. The average Bonchev–Trinajstić information content (AvgIpc) is 2.55. The molecule has 1 spiro atoms. The van der Waals surface area contributed by atoms with Gasteiger partial charge in [0.15, 0.2) is 0 Å². The van der Waals surface area contributed by atoms with Gasteiger partial charge in [0, 0.05) is 25.9 Å². The minimum absolute atomic E-state index is 0.412. The fourth-order valence-electron chi connectivity index (χ4n) is 2.35. The van der Waals surface area contributed by atoms with E-state index < -0.39 is 0 Å². The van der Waals surface area contributed by atoms with E-state index in [-0.39, 0.29) is 0 Å². The molecular weight excluding hydrogens is 152 g/mol. The van der Waals surface area contributed by atoms with Crippen LogP contribution >= 0.6 is 0 Å². The van der Waals surface area contributed by atoms with Crippen LogP contribution in [0.15, 0.2) is 0 Å². The summed E-state index contributed by atoms with van der Waals surface area (Å²) in [6.45, 7) is 2.13. The van der Waals surface area contributed by atoms with E-state index in [0.29, 0.717) is 11.6 Å². The third kappa shape index (κ3) is 1.49. The van der Waals surface area contributed by atoms with E-state index in [1.54, 1.807) is 0 Å². The van der Waals surface area contributed by atoms with Crippen molar-refractivity contribution in [2.24, 2.45) is 0 Å². The van der Waals surface area contributed by atoms with E-state index in [9.17, 15) is 0 Å². The Morgan fingerprint density at radius 3 is 2.58 bits per heavy atom. The molecule has 2 rings (SSSR count). The van der Waals surface area contributed by atoms with Gasteiger partial charge < -0.3 is 10.1 Å². The molecule has 0 aromatic rings. The van der Waals surface area contributed by atoms with E-state index in [0.717, 1.165) is 13.2 Å². The summed E-state index contributed by atoms with van der Waals surface area (Å²) in [7, 11) is 1.82. The quantitative estimate of drug-likeness (QED) is 0.600. The average molecular weight is 170 g/mol. The smallest absolute Gasteiger partial charge is 0.0572 e. The van der Waals surface area contributed by atoms with E-state index in [1.165, 1.54) is 25.7 Å². The van der Waals surface area contributed by atoms with Gasteiger partial charge in [0.25, 0.3) is 0 Å². The molecule has 3 heteroatoms. The molecular formula is C9H18N2O. The number of nitrogens with one attached hydrogen (secondary N) is 2. The predicted molar refractivity (Wildman–Crippen MR) is 48.0 cm³/mol. The van der Waals surface area contributed by atoms with Crippen molar-refractivity contribution in [3.63, 3.8) is 0 Å². The molecule has 0 aromatic heterocycles. The molecule has 12 heavy (non-hydrogen) atoms. The van der Waals surface area contributed by atoms with Crippen molar-refractivity contribution >= 4 is 0 Å². The Morgan fingerprint density at radius 2 is 2.08 bits per heavy atom. The minimum Gasteiger partial charge on any atom is -0.381 e. The molecule has 70 valence electrons. The summed E-state index contributed by atoms with van der Waals surface area (Å²) in [5.74, 6) is 0. The zero-order valence-electron chi connectivity index (χ0n) is 7.73. The SMILES string of the molecule is COC1CCC2(CC1)CNCN2. The van der Waals surface area contributed by atoms with Gasteiger partial charge in [-0.3, -0.25) is 5.32 Å². The minimum atomic E-state index is 0.412. The van der Waals surface area contributed by atoms with Crippen LogP contribution in [-0.4, -0.2) is 32.0 Å². The Labute approximate surface area is 73.9 Å². The van der Waals surface area contributed by atoms with Crippen molar-refractivity contribution in [1.82, 2.24) is 10.6 Å². The molecule has 0 aromatic carbocycles. The highest BCUT2D eigenvalue weighted by Crippen LogP contribution is 2.30. The standard InChI is InChI=1S/C9H18N2O/c1-12-8-2-4-9(5-3-8)6-10-7-11-9/h8,10-11H,2-7H2,1H3. The van der Waals surface area contributed by atoms with E-state index in [4.69, 9.17) is 4.74 Å². The van der Waals surface area contributed by atoms with Crippen LogP contribution in [0.25, 0.3) is 0 Å². The highest BCUT2D eigenvalue weighted by molar-refractivity contribution is 4.97.